The van der Waals surface area contributed by atoms with Crippen molar-refractivity contribution in [3.8, 4) is 22.9 Å². The maximum Gasteiger partial charge on any atom is 0.257 e. The fourth-order valence-corrected chi connectivity index (χ4v) is 5.17. The van der Waals surface area contributed by atoms with Crippen LogP contribution >= 0.6 is 0 Å². The van der Waals surface area contributed by atoms with Crippen LogP contribution in [0, 0.1) is 5.92 Å². The summed E-state index contributed by atoms with van der Waals surface area (Å²) in [6.45, 7) is 9.45. The van der Waals surface area contributed by atoms with Gasteiger partial charge in [0.2, 0.25) is 5.91 Å². The van der Waals surface area contributed by atoms with Crippen LogP contribution < -0.4 is 25.0 Å². The van der Waals surface area contributed by atoms with Crippen LogP contribution in [-0.2, 0) is 14.6 Å². The first-order valence-electron chi connectivity index (χ1n) is 12.7. The van der Waals surface area contributed by atoms with Gasteiger partial charge in [0.25, 0.3) is 5.88 Å². The lowest BCUT2D eigenvalue weighted by molar-refractivity contribution is -0.114. The molecule has 1 saturated heterocycles. The third kappa shape index (κ3) is 6.06. The van der Waals surface area contributed by atoms with Crippen molar-refractivity contribution in [2.75, 3.05) is 41.5 Å². The number of carbonyl (C=O) groups excluding carboxylic acids is 1. The van der Waals surface area contributed by atoms with Gasteiger partial charge in [0.05, 0.1) is 11.4 Å². The number of rotatable bonds is 6. The molecule has 0 saturated carbocycles. The number of pyridine rings is 3. The van der Waals surface area contributed by atoms with Gasteiger partial charge in [-0.05, 0) is 44.4 Å². The molecule has 3 aromatic heterocycles. The quantitative estimate of drug-likeness (QED) is 0.461. The van der Waals surface area contributed by atoms with Crippen LogP contribution in [-0.4, -0.2) is 60.8 Å². The summed E-state index contributed by atoms with van der Waals surface area (Å²) in [5.41, 5.74) is 1.98. The third-order valence-corrected chi connectivity index (χ3v) is 7.44. The second-order valence-electron chi connectivity index (χ2n) is 10.7. The summed E-state index contributed by atoms with van der Waals surface area (Å²) in [7, 11) is -3.58. The topological polar surface area (TPSA) is 136 Å². The summed E-state index contributed by atoms with van der Waals surface area (Å²) < 4.78 is 36.9. The van der Waals surface area contributed by atoms with Gasteiger partial charge in [-0.1, -0.05) is 6.92 Å². The van der Waals surface area contributed by atoms with Crippen molar-refractivity contribution in [3.63, 3.8) is 0 Å². The average molecular weight is 553 g/mol. The molecule has 5 rings (SSSR count). The zero-order valence-electron chi connectivity index (χ0n) is 22.6. The standard InChI is InChI=1S/C27H32N6O5S/c1-16-8-9-33(14-16)18-10-24(32-25(11-18)39(5,35)36)30-21-12-23(29-17(2)34)28-13-19(21)20-6-7-22-26(31-20)37-15-27(3,4)38-22/h6-7,10-13,16H,8-9,14-15H2,1-5H3,(H2,28,29,30,32,34)/t16-/m1/s1. The molecule has 2 N–H and O–H groups in total. The van der Waals surface area contributed by atoms with Crippen molar-refractivity contribution >= 4 is 38.8 Å². The molecule has 0 unspecified atom stereocenters. The Balaban J connectivity index is 1.57. The second kappa shape index (κ2) is 9.99. The zero-order valence-corrected chi connectivity index (χ0v) is 23.4. The molecule has 1 fully saturated rings. The normalized spacial score (nSPS) is 18.1. The summed E-state index contributed by atoms with van der Waals surface area (Å²) >= 11 is 0. The van der Waals surface area contributed by atoms with Gasteiger partial charge < -0.3 is 25.0 Å². The second-order valence-corrected chi connectivity index (χ2v) is 12.7. The number of carbonyl (C=O) groups is 1. The van der Waals surface area contributed by atoms with Crippen molar-refractivity contribution in [1.29, 1.82) is 0 Å². The van der Waals surface area contributed by atoms with Gasteiger partial charge in [0.15, 0.2) is 20.6 Å². The summed E-state index contributed by atoms with van der Waals surface area (Å²) in [6, 6.07) is 8.68. The van der Waals surface area contributed by atoms with Crippen LogP contribution in [0.15, 0.2) is 41.6 Å². The van der Waals surface area contributed by atoms with Crippen molar-refractivity contribution in [1.82, 2.24) is 15.0 Å². The highest BCUT2D eigenvalue weighted by Gasteiger charge is 2.29. The number of hydrogen-bond donors (Lipinski definition) is 2. The Labute approximate surface area is 227 Å². The minimum atomic E-state index is -3.58. The molecule has 3 aromatic rings. The lowest BCUT2D eigenvalue weighted by atomic mass is 10.1. The Morgan fingerprint density at radius 3 is 2.64 bits per heavy atom. The third-order valence-electron chi connectivity index (χ3n) is 6.47. The molecule has 0 aromatic carbocycles. The molecule has 11 nitrogen and oxygen atoms in total. The highest BCUT2D eigenvalue weighted by Crippen LogP contribution is 2.38. The minimum absolute atomic E-state index is 0.0280. The van der Waals surface area contributed by atoms with E-state index in [1.807, 2.05) is 19.9 Å². The molecule has 5 heterocycles. The lowest BCUT2D eigenvalue weighted by Crippen LogP contribution is -2.39. The summed E-state index contributed by atoms with van der Waals surface area (Å²) in [5.74, 6) is 1.80. The van der Waals surface area contributed by atoms with Gasteiger partial charge in [0, 0.05) is 55.8 Å². The first-order chi connectivity index (χ1) is 18.4. The number of nitrogens with one attached hydrogen (secondary N) is 2. The van der Waals surface area contributed by atoms with Gasteiger partial charge in [-0.3, -0.25) is 4.79 Å². The minimum Gasteiger partial charge on any atom is -0.479 e. The summed E-state index contributed by atoms with van der Waals surface area (Å²) in [4.78, 5) is 27.3. The number of sulfone groups is 1. The molecule has 0 spiro atoms. The fraction of sp³-hybridized carbons (Fsp3) is 0.407. The van der Waals surface area contributed by atoms with E-state index in [-0.39, 0.29) is 10.9 Å². The molecule has 0 bridgehead atoms. The first kappa shape index (κ1) is 26.7. The van der Waals surface area contributed by atoms with Gasteiger partial charge in [0.1, 0.15) is 23.8 Å². The van der Waals surface area contributed by atoms with E-state index in [4.69, 9.17) is 9.47 Å². The number of fused-ring (bicyclic) bond motifs is 1. The van der Waals surface area contributed by atoms with E-state index in [0.717, 1.165) is 31.5 Å². The molecule has 12 heteroatoms. The maximum absolute atomic E-state index is 12.5. The number of aromatic nitrogens is 3. The Bertz CT molecular complexity index is 1540. The molecule has 1 atom stereocenters. The molecule has 2 aliphatic rings. The van der Waals surface area contributed by atoms with Crippen molar-refractivity contribution < 1.29 is 22.7 Å². The van der Waals surface area contributed by atoms with Crippen molar-refractivity contribution in [3.05, 3.63) is 36.5 Å². The highest BCUT2D eigenvalue weighted by atomic mass is 32.2. The molecule has 39 heavy (non-hydrogen) atoms. The Hall–Kier alpha value is -3.93. The molecule has 2 aliphatic heterocycles. The molecule has 1 amide bonds. The number of nitrogens with zero attached hydrogens (tertiary/aromatic N) is 4. The molecule has 0 radical (unpaired) electrons. The van der Waals surface area contributed by atoms with Crippen molar-refractivity contribution in [2.45, 2.75) is 44.7 Å². The number of anilines is 4. The van der Waals surface area contributed by atoms with E-state index < -0.39 is 15.4 Å². The molecule has 0 aliphatic carbocycles. The molecule has 206 valence electrons. The van der Waals surface area contributed by atoms with Crippen LogP contribution in [0.5, 0.6) is 11.6 Å². The van der Waals surface area contributed by atoms with E-state index in [0.29, 0.717) is 52.7 Å². The van der Waals surface area contributed by atoms with Gasteiger partial charge in [-0.15, -0.1) is 0 Å². The number of amides is 1. The monoisotopic (exact) mass is 552 g/mol. The van der Waals surface area contributed by atoms with E-state index >= 15 is 0 Å². The summed E-state index contributed by atoms with van der Waals surface area (Å²) in [5, 5.41) is 5.92. The van der Waals surface area contributed by atoms with Crippen LogP contribution in [0.2, 0.25) is 0 Å². The SMILES string of the molecule is CC(=O)Nc1cc(Nc2cc(N3CC[C@@H](C)C3)cc(S(C)(=O)=O)n2)c(-c2ccc3c(n2)OCC(C)(C)O3)cn1. The smallest absolute Gasteiger partial charge is 0.257 e. The Morgan fingerprint density at radius 1 is 1.15 bits per heavy atom. The van der Waals surface area contributed by atoms with Crippen LogP contribution in [0.1, 0.15) is 34.1 Å². The predicted molar refractivity (Wildman–Crippen MR) is 149 cm³/mol. The predicted octanol–water partition coefficient (Wildman–Crippen LogP) is 4.04. The largest absolute Gasteiger partial charge is 0.479 e. The van der Waals surface area contributed by atoms with Crippen LogP contribution in [0.25, 0.3) is 11.3 Å². The lowest BCUT2D eigenvalue weighted by Gasteiger charge is -2.31. The van der Waals surface area contributed by atoms with E-state index in [9.17, 15) is 13.2 Å². The van der Waals surface area contributed by atoms with Crippen LogP contribution in [0.3, 0.4) is 0 Å². The zero-order chi connectivity index (χ0) is 27.9. The Morgan fingerprint density at radius 2 is 1.95 bits per heavy atom. The first-order valence-corrected chi connectivity index (χ1v) is 14.6. The molecular formula is C27H32N6O5S. The van der Waals surface area contributed by atoms with E-state index in [1.165, 1.54) is 6.92 Å². The fourth-order valence-electron chi connectivity index (χ4n) is 4.58. The number of ether oxygens (including phenoxy) is 2. The van der Waals surface area contributed by atoms with Gasteiger partial charge >= 0.3 is 0 Å². The van der Waals surface area contributed by atoms with Gasteiger partial charge in [-0.25, -0.2) is 23.4 Å². The highest BCUT2D eigenvalue weighted by molar-refractivity contribution is 7.90. The van der Waals surface area contributed by atoms with E-state index in [2.05, 4.69) is 37.4 Å². The summed E-state index contributed by atoms with van der Waals surface area (Å²) in [6.07, 6.45) is 3.75. The van der Waals surface area contributed by atoms with Crippen LogP contribution in [0.4, 0.5) is 23.0 Å². The number of hydrogen-bond acceptors (Lipinski definition) is 10. The Kier molecular flexibility index (Phi) is 6.83. The van der Waals surface area contributed by atoms with Gasteiger partial charge in [-0.2, -0.15) is 0 Å². The van der Waals surface area contributed by atoms with Crippen molar-refractivity contribution in [2.24, 2.45) is 5.92 Å². The average Bonchev–Trinajstić information content (AvgIpc) is 3.29. The van der Waals surface area contributed by atoms with E-state index in [1.54, 1.807) is 30.5 Å². The maximum atomic E-state index is 12.5. The molecular weight excluding hydrogens is 520 g/mol.